The minimum atomic E-state index is 0.0312. The van der Waals surface area contributed by atoms with Gasteiger partial charge in [-0.05, 0) is 56.3 Å². The Morgan fingerprint density at radius 1 is 1.04 bits per heavy atom. The zero-order valence-corrected chi connectivity index (χ0v) is 16.6. The van der Waals surface area contributed by atoms with Crippen molar-refractivity contribution in [2.45, 2.75) is 52.0 Å². The molecule has 0 bridgehead atoms. The number of hydrogen-bond acceptors (Lipinski definition) is 3. The van der Waals surface area contributed by atoms with E-state index in [1.54, 1.807) is 0 Å². The lowest BCUT2D eigenvalue weighted by Gasteiger charge is -2.36. The summed E-state index contributed by atoms with van der Waals surface area (Å²) in [6.45, 7) is 6.60. The first-order chi connectivity index (χ1) is 13.0. The molecule has 27 heavy (non-hydrogen) atoms. The summed E-state index contributed by atoms with van der Waals surface area (Å²) in [4.78, 5) is 27.1. The molecule has 0 radical (unpaired) electrons. The van der Waals surface area contributed by atoms with E-state index < -0.39 is 0 Å². The highest BCUT2D eigenvalue weighted by atomic mass is 16.2. The van der Waals surface area contributed by atoms with Crippen molar-refractivity contribution in [1.82, 2.24) is 10.2 Å². The van der Waals surface area contributed by atoms with Crippen molar-refractivity contribution in [3.63, 3.8) is 0 Å². The van der Waals surface area contributed by atoms with Crippen LogP contribution in [0.4, 0.5) is 5.69 Å². The van der Waals surface area contributed by atoms with Crippen molar-refractivity contribution in [2.24, 2.45) is 17.8 Å². The van der Waals surface area contributed by atoms with Gasteiger partial charge in [0.25, 0.3) is 0 Å². The molecule has 1 aliphatic carbocycles. The van der Waals surface area contributed by atoms with Gasteiger partial charge in [-0.3, -0.25) is 14.5 Å². The maximum absolute atomic E-state index is 12.5. The molecule has 1 saturated carbocycles. The Bertz CT molecular complexity index is 626. The van der Waals surface area contributed by atoms with Crippen LogP contribution in [-0.4, -0.2) is 42.4 Å². The van der Waals surface area contributed by atoms with Gasteiger partial charge in [0.2, 0.25) is 11.8 Å². The SMILES string of the molecule is CC1CCCC(NC(=O)CN2CCC(C(=O)Nc3ccccc3)CC2)C1C. The van der Waals surface area contributed by atoms with E-state index >= 15 is 0 Å². The van der Waals surface area contributed by atoms with E-state index in [4.69, 9.17) is 0 Å². The first kappa shape index (κ1) is 19.9. The number of anilines is 1. The smallest absolute Gasteiger partial charge is 0.234 e. The highest BCUT2D eigenvalue weighted by molar-refractivity contribution is 5.92. The van der Waals surface area contributed by atoms with Gasteiger partial charge in [-0.2, -0.15) is 0 Å². The van der Waals surface area contributed by atoms with Crippen molar-refractivity contribution in [1.29, 1.82) is 0 Å². The topological polar surface area (TPSA) is 61.4 Å². The molecule has 0 spiro atoms. The van der Waals surface area contributed by atoms with Gasteiger partial charge >= 0.3 is 0 Å². The number of carbonyl (C=O) groups excluding carboxylic acids is 2. The largest absolute Gasteiger partial charge is 0.352 e. The molecule has 1 saturated heterocycles. The van der Waals surface area contributed by atoms with E-state index in [2.05, 4.69) is 29.4 Å². The number of likely N-dealkylation sites (tertiary alicyclic amines) is 1. The molecule has 3 atom stereocenters. The summed E-state index contributed by atoms with van der Waals surface area (Å²) in [6, 6.07) is 9.91. The summed E-state index contributed by atoms with van der Waals surface area (Å²) < 4.78 is 0. The van der Waals surface area contributed by atoms with Crippen molar-refractivity contribution < 1.29 is 9.59 Å². The predicted octanol–water partition coefficient (Wildman–Crippen LogP) is 3.28. The highest BCUT2D eigenvalue weighted by Crippen LogP contribution is 2.29. The number of amides is 2. The predicted molar refractivity (Wildman–Crippen MR) is 108 cm³/mol. The highest BCUT2D eigenvalue weighted by Gasteiger charge is 2.30. The maximum Gasteiger partial charge on any atom is 0.234 e. The second-order valence-corrected chi connectivity index (χ2v) is 8.35. The van der Waals surface area contributed by atoms with Crippen LogP contribution in [0.3, 0.4) is 0 Å². The summed E-state index contributed by atoms with van der Waals surface area (Å²) in [5, 5.41) is 6.25. The fourth-order valence-electron chi connectivity index (χ4n) is 4.36. The monoisotopic (exact) mass is 371 g/mol. The third kappa shape index (κ3) is 5.55. The van der Waals surface area contributed by atoms with Crippen molar-refractivity contribution >= 4 is 17.5 Å². The minimum absolute atomic E-state index is 0.0312. The summed E-state index contributed by atoms with van der Waals surface area (Å²) >= 11 is 0. The summed E-state index contributed by atoms with van der Waals surface area (Å²) in [7, 11) is 0. The van der Waals surface area contributed by atoms with E-state index in [1.807, 2.05) is 30.3 Å². The maximum atomic E-state index is 12.5. The molecular formula is C22H33N3O2. The minimum Gasteiger partial charge on any atom is -0.352 e. The van der Waals surface area contributed by atoms with Gasteiger partial charge in [-0.15, -0.1) is 0 Å². The number of nitrogens with zero attached hydrogens (tertiary/aromatic N) is 1. The summed E-state index contributed by atoms with van der Waals surface area (Å²) in [5.74, 6) is 1.49. The summed E-state index contributed by atoms with van der Waals surface area (Å²) in [6.07, 6.45) is 5.19. The molecule has 1 aliphatic heterocycles. The number of rotatable bonds is 5. The van der Waals surface area contributed by atoms with Crippen LogP contribution in [-0.2, 0) is 9.59 Å². The average molecular weight is 372 g/mol. The van der Waals surface area contributed by atoms with Gasteiger partial charge in [0.1, 0.15) is 0 Å². The molecule has 3 rings (SSSR count). The Labute approximate surface area is 162 Å². The zero-order chi connectivity index (χ0) is 19.2. The van der Waals surface area contributed by atoms with Crippen LogP contribution in [0.25, 0.3) is 0 Å². The van der Waals surface area contributed by atoms with Crippen LogP contribution in [0.5, 0.6) is 0 Å². The first-order valence-corrected chi connectivity index (χ1v) is 10.4. The molecule has 1 aromatic rings. The second kappa shape index (κ2) is 9.36. The number of nitrogens with one attached hydrogen (secondary N) is 2. The fraction of sp³-hybridized carbons (Fsp3) is 0.636. The van der Waals surface area contributed by atoms with E-state index in [1.165, 1.54) is 12.8 Å². The Balaban J connectivity index is 1.40. The Morgan fingerprint density at radius 2 is 1.74 bits per heavy atom. The molecule has 2 N–H and O–H groups in total. The number of benzene rings is 1. The lowest BCUT2D eigenvalue weighted by Crippen LogP contribution is -2.49. The molecule has 1 aromatic carbocycles. The number of piperidine rings is 1. The van der Waals surface area contributed by atoms with Gasteiger partial charge in [0.15, 0.2) is 0 Å². The third-order valence-corrected chi connectivity index (χ3v) is 6.42. The van der Waals surface area contributed by atoms with Crippen molar-refractivity contribution in [2.75, 3.05) is 25.0 Å². The van der Waals surface area contributed by atoms with Crippen LogP contribution in [0.15, 0.2) is 30.3 Å². The van der Waals surface area contributed by atoms with E-state index in [9.17, 15) is 9.59 Å². The number of hydrogen-bond donors (Lipinski definition) is 2. The fourth-order valence-corrected chi connectivity index (χ4v) is 4.36. The van der Waals surface area contributed by atoms with Crippen LogP contribution in [0.2, 0.25) is 0 Å². The van der Waals surface area contributed by atoms with E-state index in [-0.39, 0.29) is 17.7 Å². The average Bonchev–Trinajstić information content (AvgIpc) is 2.67. The van der Waals surface area contributed by atoms with Gasteiger partial charge < -0.3 is 10.6 Å². The lowest BCUT2D eigenvalue weighted by atomic mass is 9.78. The lowest BCUT2D eigenvalue weighted by molar-refractivity contribution is -0.124. The molecule has 0 aromatic heterocycles. The first-order valence-electron chi connectivity index (χ1n) is 10.4. The Kier molecular flexibility index (Phi) is 6.89. The number of carbonyl (C=O) groups is 2. The zero-order valence-electron chi connectivity index (χ0n) is 16.6. The number of para-hydroxylation sites is 1. The quantitative estimate of drug-likeness (QED) is 0.835. The molecule has 3 unspecified atom stereocenters. The molecule has 5 heteroatoms. The molecule has 148 valence electrons. The Morgan fingerprint density at radius 3 is 2.44 bits per heavy atom. The van der Waals surface area contributed by atoms with Crippen LogP contribution in [0.1, 0.15) is 46.0 Å². The van der Waals surface area contributed by atoms with E-state index in [0.29, 0.717) is 24.4 Å². The normalized spacial score (nSPS) is 27.1. The second-order valence-electron chi connectivity index (χ2n) is 8.35. The molecule has 2 amide bonds. The molecule has 2 aliphatic rings. The molecular weight excluding hydrogens is 338 g/mol. The van der Waals surface area contributed by atoms with Gasteiger partial charge in [0.05, 0.1) is 6.54 Å². The standard InChI is InChI=1S/C22H33N3O2/c1-16-7-6-10-20(17(16)2)24-21(26)15-25-13-11-18(12-14-25)22(27)23-19-8-4-3-5-9-19/h3-5,8-9,16-18,20H,6-7,10-15H2,1-2H3,(H,23,27)(H,24,26). The van der Waals surface area contributed by atoms with Crippen LogP contribution >= 0.6 is 0 Å². The van der Waals surface area contributed by atoms with Crippen molar-refractivity contribution in [3.05, 3.63) is 30.3 Å². The van der Waals surface area contributed by atoms with Gasteiger partial charge in [-0.25, -0.2) is 0 Å². The molecule has 1 heterocycles. The Hall–Kier alpha value is -1.88. The third-order valence-electron chi connectivity index (χ3n) is 6.42. The van der Waals surface area contributed by atoms with Gasteiger partial charge in [-0.1, -0.05) is 44.9 Å². The summed E-state index contributed by atoms with van der Waals surface area (Å²) in [5.41, 5.74) is 0.847. The van der Waals surface area contributed by atoms with Crippen LogP contribution in [0, 0.1) is 17.8 Å². The van der Waals surface area contributed by atoms with E-state index in [0.717, 1.165) is 38.0 Å². The van der Waals surface area contributed by atoms with Crippen LogP contribution < -0.4 is 10.6 Å². The molecule has 2 fully saturated rings. The molecule has 5 nitrogen and oxygen atoms in total. The van der Waals surface area contributed by atoms with Gasteiger partial charge in [0, 0.05) is 17.6 Å². The van der Waals surface area contributed by atoms with Crippen molar-refractivity contribution in [3.8, 4) is 0 Å².